The van der Waals surface area contributed by atoms with Crippen molar-refractivity contribution in [3.63, 3.8) is 0 Å². The van der Waals surface area contributed by atoms with Crippen LogP contribution in [0.25, 0.3) is 0 Å². The van der Waals surface area contributed by atoms with Gasteiger partial charge >= 0.3 is 18.3 Å². The number of carbonyl (C=O) groups is 3. The lowest BCUT2D eigenvalue weighted by Crippen LogP contribution is -2.47. The van der Waals surface area contributed by atoms with Crippen LogP contribution in [0.3, 0.4) is 0 Å². The maximum absolute atomic E-state index is 12.4. The summed E-state index contributed by atoms with van der Waals surface area (Å²) in [7, 11) is -3.72. The molecule has 0 bridgehead atoms. The molecule has 0 aliphatic carbocycles. The summed E-state index contributed by atoms with van der Waals surface area (Å²) in [6.45, 7) is 13.0. The lowest BCUT2D eigenvalue weighted by atomic mass is 10.1. The summed E-state index contributed by atoms with van der Waals surface area (Å²) < 4.78 is 96.6. The maximum atomic E-state index is 12.4. The van der Waals surface area contributed by atoms with Crippen molar-refractivity contribution in [1.29, 1.82) is 0 Å². The van der Waals surface area contributed by atoms with Crippen LogP contribution < -0.4 is 10.6 Å². The number of halogens is 7. The average molecular weight is 815 g/mol. The minimum atomic E-state index is -4.47. The number of thioether (sulfide) groups is 1. The van der Waals surface area contributed by atoms with E-state index in [-0.39, 0.29) is 22.4 Å². The van der Waals surface area contributed by atoms with E-state index in [0.29, 0.717) is 10.7 Å². The Morgan fingerprint density at radius 3 is 1.49 bits per heavy atom. The van der Waals surface area contributed by atoms with Crippen LogP contribution in [-0.4, -0.2) is 51.5 Å². The molecular weight excluding hydrogens is 774 g/mol. The predicted molar refractivity (Wildman–Crippen MR) is 195 cm³/mol. The third-order valence-electron chi connectivity index (χ3n) is 7.04. The highest BCUT2D eigenvalue weighted by atomic mass is 35.5. The van der Waals surface area contributed by atoms with E-state index in [9.17, 15) is 49.1 Å². The summed E-state index contributed by atoms with van der Waals surface area (Å²) in [6, 6.07) is 14.3. The Hall–Kier alpha value is -3.80. The predicted octanol–water partition coefficient (Wildman–Crippen LogP) is 9.78. The van der Waals surface area contributed by atoms with Crippen LogP contribution in [0.1, 0.15) is 76.9 Å². The summed E-state index contributed by atoms with van der Waals surface area (Å²) in [5.41, 5.74) is -0.892. The van der Waals surface area contributed by atoms with E-state index in [1.54, 1.807) is 26.0 Å². The van der Waals surface area contributed by atoms with Gasteiger partial charge in [-0.3, -0.25) is 14.5 Å². The Balaban J connectivity index is 0.000000418. The van der Waals surface area contributed by atoms with Gasteiger partial charge in [0.25, 0.3) is 0 Å². The maximum Gasteiger partial charge on any atom is 0.416 e. The lowest BCUT2D eigenvalue weighted by molar-refractivity contribution is -0.182. The molecule has 2 amide bonds. The van der Waals surface area contributed by atoms with Crippen molar-refractivity contribution < 1.29 is 59.3 Å². The fourth-order valence-corrected chi connectivity index (χ4v) is 7.09. The van der Waals surface area contributed by atoms with Crippen LogP contribution in [0, 0.1) is 0 Å². The normalized spacial score (nSPS) is 12.2. The van der Waals surface area contributed by atoms with Crippen molar-refractivity contribution in [2.75, 3.05) is 10.6 Å². The number of rotatable bonds is 9. The van der Waals surface area contributed by atoms with Gasteiger partial charge in [-0.25, -0.2) is 13.2 Å². The highest BCUT2D eigenvalue weighted by Gasteiger charge is 2.43. The molecule has 3 aromatic carbocycles. The molecule has 0 saturated heterocycles. The number of hydrogen-bond acceptors (Lipinski definition) is 8. The Morgan fingerprint density at radius 1 is 0.736 bits per heavy atom. The van der Waals surface area contributed by atoms with E-state index < -0.39 is 59.9 Å². The Bertz CT molecular complexity index is 1800. The summed E-state index contributed by atoms with van der Waals surface area (Å²) in [6.07, 6.45) is -8.84. The van der Waals surface area contributed by atoms with Gasteiger partial charge in [-0.2, -0.15) is 31.6 Å². The lowest BCUT2D eigenvalue weighted by Gasteiger charge is -2.26. The van der Waals surface area contributed by atoms with E-state index in [0.717, 1.165) is 36.4 Å². The van der Waals surface area contributed by atoms with E-state index in [1.807, 2.05) is 13.8 Å². The van der Waals surface area contributed by atoms with Crippen LogP contribution in [0.15, 0.2) is 72.8 Å². The summed E-state index contributed by atoms with van der Waals surface area (Å²) >= 11 is 7.06. The number of anilines is 2. The van der Waals surface area contributed by atoms with Gasteiger partial charge in [-0.1, -0.05) is 31.5 Å². The van der Waals surface area contributed by atoms with Gasteiger partial charge in [0.05, 0.1) is 26.7 Å². The van der Waals surface area contributed by atoms with Gasteiger partial charge in [0, 0.05) is 21.6 Å². The molecule has 0 unspecified atom stereocenters. The molecule has 0 atom stereocenters. The average Bonchev–Trinajstić information content (AvgIpc) is 3.04. The number of alkyl halides is 6. The molecular formula is C35H41ClF6N2O7S2. The molecule has 0 aliphatic rings. The van der Waals surface area contributed by atoms with Gasteiger partial charge in [-0.15, -0.1) is 11.8 Å². The van der Waals surface area contributed by atoms with Gasteiger partial charge in [0.2, 0.25) is 11.8 Å². The number of benzene rings is 3. The van der Waals surface area contributed by atoms with E-state index in [4.69, 9.17) is 16.9 Å². The third-order valence-corrected chi connectivity index (χ3v) is 11.4. The molecule has 0 heterocycles. The molecule has 3 N–H and O–H groups in total. The second-order valence-corrected chi connectivity index (χ2v) is 18.4. The van der Waals surface area contributed by atoms with Crippen LogP contribution in [0.5, 0.6) is 0 Å². The van der Waals surface area contributed by atoms with Gasteiger partial charge in [0.1, 0.15) is 4.75 Å². The topological polar surface area (TPSA) is 139 Å². The molecule has 9 nitrogen and oxygen atoms in total. The molecule has 0 spiro atoms. The van der Waals surface area contributed by atoms with E-state index in [2.05, 4.69) is 15.5 Å². The number of amides is 2. The van der Waals surface area contributed by atoms with Crippen molar-refractivity contribution in [2.24, 2.45) is 0 Å². The molecule has 0 fully saturated rings. The molecule has 0 aliphatic heterocycles. The van der Waals surface area contributed by atoms with E-state index >= 15 is 0 Å². The van der Waals surface area contributed by atoms with Crippen LogP contribution in [0.4, 0.5) is 37.7 Å². The molecule has 53 heavy (non-hydrogen) atoms. The summed E-state index contributed by atoms with van der Waals surface area (Å²) in [5, 5.41) is 12.9. The zero-order valence-electron chi connectivity index (χ0n) is 29.9. The minimum Gasteiger partial charge on any atom is -0.325 e. The highest BCUT2D eigenvalue weighted by Crippen LogP contribution is 2.33. The monoisotopic (exact) mass is 814 g/mol. The van der Waals surface area contributed by atoms with Crippen LogP contribution in [-0.2, 0) is 36.7 Å². The molecule has 0 aromatic heterocycles. The molecule has 0 radical (unpaired) electrons. The summed E-state index contributed by atoms with van der Waals surface area (Å²) in [4.78, 5) is 38.4. The summed E-state index contributed by atoms with van der Waals surface area (Å²) in [5.74, 6) is -1.83. The van der Waals surface area contributed by atoms with Gasteiger partial charge in [-0.05, 0) is 108 Å². The number of sulfone groups is 1. The second kappa shape index (κ2) is 19.0. The largest absolute Gasteiger partial charge is 0.416 e. The van der Waals surface area contributed by atoms with Crippen molar-refractivity contribution in [1.82, 2.24) is 0 Å². The second-order valence-electron chi connectivity index (χ2n) is 12.7. The van der Waals surface area contributed by atoms with Crippen molar-refractivity contribution >= 4 is 62.4 Å². The molecule has 0 saturated carbocycles. The van der Waals surface area contributed by atoms with Gasteiger partial charge < -0.3 is 10.6 Å². The van der Waals surface area contributed by atoms with Gasteiger partial charge in [0.15, 0.2) is 9.84 Å². The SMILES string of the molecule is CC(C)S(=O)(=O)C(C)(C)C(=O)Nc1ccc(C(F)(F)F)cc1.CC(C)SC(C)(C)C(=O)Nc1ccc(C(F)(F)F)cc1.O=C(OO)c1cccc(Cl)c1. The minimum absolute atomic E-state index is 0.102. The van der Waals surface area contributed by atoms with Crippen molar-refractivity contribution in [2.45, 2.75) is 87.7 Å². The first kappa shape index (κ1) is 47.2. The first-order chi connectivity index (χ1) is 24.1. The first-order valence-corrected chi connectivity index (χ1v) is 18.4. The number of nitrogens with one attached hydrogen (secondary N) is 2. The Morgan fingerprint density at radius 2 is 1.15 bits per heavy atom. The number of carbonyl (C=O) groups excluding carboxylic acids is 3. The third kappa shape index (κ3) is 14.5. The standard InChI is InChI=1S/C14H18F3NO3S.C14H18F3NOS.C7H5ClO3/c1-9(2)22(20,21)13(3,4)12(19)18-11-7-5-10(6-8-11)14(15,16)17;1-9(2)20-13(3,4)12(19)18-11-7-5-10(6-8-11)14(15,16)17;8-6-3-1-2-5(4-6)7(9)11-10/h5-9H,1-4H3,(H,18,19);5-9H,1-4H3,(H,18,19);1-4,10H. The fourth-order valence-electron chi connectivity index (χ4n) is 4.08. The zero-order chi connectivity index (χ0) is 41.2. The highest BCUT2D eigenvalue weighted by molar-refractivity contribution is 8.01. The smallest absolute Gasteiger partial charge is 0.325 e. The first-order valence-electron chi connectivity index (χ1n) is 15.6. The Labute approximate surface area is 313 Å². The Kier molecular flexibility index (Phi) is 16.9. The van der Waals surface area contributed by atoms with Crippen LogP contribution >= 0.6 is 23.4 Å². The van der Waals surface area contributed by atoms with E-state index in [1.165, 1.54) is 63.7 Å². The molecule has 18 heteroatoms. The van der Waals surface area contributed by atoms with Crippen molar-refractivity contribution in [3.8, 4) is 0 Å². The van der Waals surface area contributed by atoms with Crippen LogP contribution in [0.2, 0.25) is 5.02 Å². The zero-order valence-corrected chi connectivity index (χ0v) is 32.3. The number of hydrogen-bond donors (Lipinski definition) is 3. The molecule has 3 rings (SSSR count). The molecule has 3 aromatic rings. The fraction of sp³-hybridized carbons (Fsp3) is 0.400. The molecule has 294 valence electrons. The quantitative estimate of drug-likeness (QED) is 0.110. The van der Waals surface area contributed by atoms with Crippen molar-refractivity contribution in [3.05, 3.63) is 94.5 Å².